The first kappa shape index (κ1) is 12.6. The Morgan fingerprint density at radius 1 is 1.55 bits per heavy atom. The Morgan fingerprint density at radius 3 is 2.90 bits per heavy atom. The van der Waals surface area contributed by atoms with Gasteiger partial charge in [-0.1, -0.05) is 17.1 Å². The number of aromatic amines is 1. The average Bonchev–Trinajstić information content (AvgIpc) is 2.87. The third-order valence-corrected chi connectivity index (χ3v) is 3.42. The highest BCUT2D eigenvalue weighted by atomic mass is 16.2. The van der Waals surface area contributed by atoms with Crippen LogP contribution in [0.3, 0.4) is 0 Å². The topological polar surface area (TPSA) is 72.7 Å². The monoisotopic (exact) mass is 274 g/mol. The smallest absolute Gasteiger partial charge is 0.270 e. The zero-order valence-electron chi connectivity index (χ0n) is 11.7. The van der Waals surface area contributed by atoms with Crippen LogP contribution >= 0.6 is 0 Å². The van der Waals surface area contributed by atoms with Gasteiger partial charge in [0.25, 0.3) is 5.91 Å². The minimum Gasteiger partial charge on any atom is -0.270 e. The molecule has 1 atom stereocenters. The van der Waals surface area contributed by atoms with Crippen molar-refractivity contribution in [2.45, 2.75) is 19.9 Å². The summed E-state index contributed by atoms with van der Waals surface area (Å²) < 4.78 is 1.77. The Kier molecular flexibility index (Phi) is 2.53. The number of hydrogen-bond donors (Lipinski definition) is 1. The molecule has 20 heavy (non-hydrogen) atoms. The normalized spacial score (nSPS) is 20.9. The summed E-state index contributed by atoms with van der Waals surface area (Å²) in [6, 6.07) is -0.938. The zero-order valence-corrected chi connectivity index (χ0v) is 11.7. The maximum absolute atomic E-state index is 12.6. The molecule has 3 heterocycles. The van der Waals surface area contributed by atoms with Crippen molar-refractivity contribution in [3.63, 3.8) is 0 Å². The molecule has 3 amide bonds. The Morgan fingerprint density at radius 2 is 2.25 bits per heavy atom. The van der Waals surface area contributed by atoms with E-state index in [0.29, 0.717) is 11.8 Å². The number of aromatic nitrogens is 2. The van der Waals surface area contributed by atoms with E-state index in [1.54, 1.807) is 18.5 Å². The summed E-state index contributed by atoms with van der Waals surface area (Å²) in [7, 11) is 1.63. The number of hydrogen-bond acceptors (Lipinski definition) is 3. The molecule has 0 aromatic carbocycles. The van der Waals surface area contributed by atoms with Crippen LogP contribution in [-0.2, 0) is 4.79 Å². The molecular formula is C13H16N5O2+. The first-order chi connectivity index (χ1) is 9.40. The number of imide groups is 1. The number of nitrogens with zero attached hydrogens (tertiary/aromatic N) is 4. The maximum Gasteiger partial charge on any atom is 0.399 e. The van der Waals surface area contributed by atoms with Crippen molar-refractivity contribution in [1.82, 2.24) is 14.8 Å². The summed E-state index contributed by atoms with van der Waals surface area (Å²) in [4.78, 5) is 34.9. The number of amidine groups is 1. The molecule has 7 heteroatoms. The van der Waals surface area contributed by atoms with Crippen molar-refractivity contribution >= 4 is 23.7 Å². The van der Waals surface area contributed by atoms with Crippen molar-refractivity contribution in [1.29, 1.82) is 0 Å². The van der Waals surface area contributed by atoms with E-state index in [2.05, 4.69) is 16.6 Å². The first-order valence-corrected chi connectivity index (χ1v) is 6.33. The van der Waals surface area contributed by atoms with Crippen molar-refractivity contribution < 1.29 is 14.2 Å². The van der Waals surface area contributed by atoms with Gasteiger partial charge < -0.3 is 0 Å². The van der Waals surface area contributed by atoms with Crippen LogP contribution in [0.25, 0.3) is 0 Å². The number of fused-ring (bicyclic) bond motifs is 3. The Hall–Kier alpha value is -2.44. The Labute approximate surface area is 116 Å². The van der Waals surface area contributed by atoms with Gasteiger partial charge in [-0.15, -0.1) is 0 Å². The molecule has 1 N–H and O–H groups in total. The van der Waals surface area contributed by atoms with Crippen molar-refractivity contribution in [3.8, 4) is 0 Å². The molecular weight excluding hydrogens is 258 g/mol. The predicted octanol–water partition coefficient (Wildman–Crippen LogP) is 0.665. The van der Waals surface area contributed by atoms with E-state index < -0.39 is 6.04 Å². The molecule has 1 saturated heterocycles. The fourth-order valence-corrected chi connectivity index (χ4v) is 2.54. The number of aliphatic imine (C=N–C) groups is 1. The molecule has 1 fully saturated rings. The number of amides is 3. The Bertz CT molecular complexity index is 672. The number of nitrogens with one attached hydrogen (secondary N) is 1. The number of urea groups is 1. The molecule has 0 aliphatic carbocycles. The SMILES string of the molecule is C=C(C)CN1C(=O)C2C(=Nc3[nH]c(C)c[n+]32)N(C)C1=O. The second-order valence-electron chi connectivity index (χ2n) is 5.26. The number of carbonyl (C=O) groups is 2. The molecule has 1 unspecified atom stereocenters. The summed E-state index contributed by atoms with van der Waals surface area (Å²) in [6.07, 6.45) is 1.83. The van der Waals surface area contributed by atoms with E-state index in [9.17, 15) is 9.59 Å². The molecule has 2 aliphatic rings. The summed E-state index contributed by atoms with van der Waals surface area (Å²) in [5.41, 5.74) is 1.68. The van der Waals surface area contributed by atoms with Gasteiger partial charge >= 0.3 is 12.0 Å². The standard InChI is InChI=1S/C13H15N5O2/c1-7(2)5-18-11(19)9-10(16(4)13(18)20)15-12-14-8(3)6-17(9)12/h6,9H,1,5H2,2-4H3/p+1. The van der Waals surface area contributed by atoms with Gasteiger partial charge in [0, 0.05) is 7.05 Å². The number of aryl methyl sites for hydroxylation is 1. The van der Waals surface area contributed by atoms with Gasteiger partial charge in [0.2, 0.25) is 11.9 Å². The number of likely N-dealkylation sites (N-methyl/N-ethyl adjacent to an activating group) is 1. The molecule has 0 radical (unpaired) electrons. The fraction of sp³-hybridized carbons (Fsp3) is 0.385. The molecule has 3 rings (SSSR count). The van der Waals surface area contributed by atoms with E-state index >= 15 is 0 Å². The Balaban J connectivity index is 2.06. The summed E-state index contributed by atoms with van der Waals surface area (Å²) in [6.45, 7) is 7.68. The number of H-pyrrole nitrogens is 1. The molecule has 104 valence electrons. The van der Waals surface area contributed by atoms with Gasteiger partial charge in [-0.2, -0.15) is 0 Å². The quantitative estimate of drug-likeness (QED) is 0.636. The van der Waals surface area contributed by atoms with E-state index in [0.717, 1.165) is 11.3 Å². The van der Waals surface area contributed by atoms with Gasteiger partial charge in [-0.3, -0.25) is 14.6 Å². The minimum absolute atomic E-state index is 0.227. The molecule has 0 bridgehead atoms. The van der Waals surface area contributed by atoms with Gasteiger partial charge in [0.15, 0.2) is 0 Å². The second kappa shape index (κ2) is 4.03. The van der Waals surface area contributed by atoms with Crippen LogP contribution in [0, 0.1) is 6.92 Å². The molecule has 1 aromatic heterocycles. The van der Waals surface area contributed by atoms with Crippen LogP contribution in [0.1, 0.15) is 18.7 Å². The predicted molar refractivity (Wildman–Crippen MR) is 71.5 cm³/mol. The third-order valence-electron chi connectivity index (χ3n) is 3.42. The summed E-state index contributed by atoms with van der Waals surface area (Å²) >= 11 is 0. The molecule has 0 spiro atoms. The van der Waals surface area contributed by atoms with E-state index in [-0.39, 0.29) is 18.5 Å². The van der Waals surface area contributed by atoms with Crippen LogP contribution in [0.4, 0.5) is 10.7 Å². The van der Waals surface area contributed by atoms with Crippen LogP contribution in [0.2, 0.25) is 0 Å². The molecule has 2 aliphatic heterocycles. The lowest BCUT2D eigenvalue weighted by molar-refractivity contribution is -0.676. The highest BCUT2D eigenvalue weighted by Crippen LogP contribution is 2.27. The van der Waals surface area contributed by atoms with Crippen LogP contribution < -0.4 is 4.57 Å². The summed E-state index contributed by atoms with van der Waals surface area (Å²) in [5.74, 6) is 0.787. The van der Waals surface area contributed by atoms with Gasteiger partial charge in [0.1, 0.15) is 11.9 Å². The lowest BCUT2D eigenvalue weighted by Crippen LogP contribution is -2.62. The molecule has 0 saturated carbocycles. The fourth-order valence-electron chi connectivity index (χ4n) is 2.54. The van der Waals surface area contributed by atoms with Crippen molar-refractivity contribution in [2.75, 3.05) is 13.6 Å². The highest BCUT2D eigenvalue weighted by molar-refractivity contribution is 6.19. The van der Waals surface area contributed by atoms with Gasteiger partial charge in [-0.25, -0.2) is 14.3 Å². The van der Waals surface area contributed by atoms with E-state index in [1.165, 1.54) is 9.80 Å². The van der Waals surface area contributed by atoms with E-state index in [1.807, 2.05) is 13.1 Å². The molecule has 7 nitrogen and oxygen atoms in total. The number of rotatable bonds is 2. The van der Waals surface area contributed by atoms with Crippen LogP contribution in [0.5, 0.6) is 0 Å². The first-order valence-electron chi connectivity index (χ1n) is 6.33. The lowest BCUT2D eigenvalue weighted by atomic mass is 10.1. The highest BCUT2D eigenvalue weighted by Gasteiger charge is 2.52. The minimum atomic E-state index is -0.572. The number of carbonyl (C=O) groups excluding carboxylic acids is 2. The van der Waals surface area contributed by atoms with Crippen molar-refractivity contribution in [2.24, 2.45) is 4.99 Å². The van der Waals surface area contributed by atoms with Gasteiger partial charge in [-0.05, 0) is 13.8 Å². The summed E-state index contributed by atoms with van der Waals surface area (Å²) in [5, 5.41) is 0. The lowest BCUT2D eigenvalue weighted by Gasteiger charge is -2.33. The maximum atomic E-state index is 12.6. The second-order valence-corrected chi connectivity index (χ2v) is 5.26. The van der Waals surface area contributed by atoms with Crippen LogP contribution in [-0.4, -0.2) is 46.2 Å². The van der Waals surface area contributed by atoms with E-state index in [4.69, 9.17) is 0 Å². The zero-order chi connectivity index (χ0) is 14.6. The molecule has 1 aromatic rings. The average molecular weight is 274 g/mol. The largest absolute Gasteiger partial charge is 0.399 e. The van der Waals surface area contributed by atoms with Crippen LogP contribution in [0.15, 0.2) is 23.3 Å². The third kappa shape index (κ3) is 1.59. The number of imidazole rings is 1. The van der Waals surface area contributed by atoms with Gasteiger partial charge in [0.05, 0.1) is 6.54 Å². The van der Waals surface area contributed by atoms with Crippen molar-refractivity contribution in [3.05, 3.63) is 24.0 Å².